The molecule has 0 saturated carbocycles. The van der Waals surface area contributed by atoms with Gasteiger partial charge in [-0.15, -0.1) is 13.2 Å². The fraction of sp³-hybridized carbons (Fsp3) is 0.250. The van der Waals surface area contributed by atoms with Gasteiger partial charge in [0.2, 0.25) is 5.75 Å². The second-order valence-electron chi connectivity index (χ2n) is 2.88. The lowest BCUT2D eigenvalue weighted by atomic mass is 10.2. The number of nitro groups is 1. The molecule has 0 atom stereocenters. The highest BCUT2D eigenvalue weighted by Gasteiger charge is 2.36. The van der Waals surface area contributed by atoms with E-state index < -0.39 is 29.1 Å². The molecule has 0 bridgehead atoms. The van der Waals surface area contributed by atoms with E-state index in [9.17, 15) is 23.3 Å². The summed E-state index contributed by atoms with van der Waals surface area (Å²) >= 11 is 1.57. The van der Waals surface area contributed by atoms with Crippen molar-refractivity contribution in [3.63, 3.8) is 0 Å². The van der Waals surface area contributed by atoms with Crippen molar-refractivity contribution >= 4 is 28.3 Å². The second kappa shape index (κ2) is 5.34. The normalized spacial score (nSPS) is 10.8. The molecule has 0 unspecified atom stereocenters. The number of nitrogens with zero attached hydrogens (tertiary/aromatic N) is 3. The van der Waals surface area contributed by atoms with Gasteiger partial charge in [0.1, 0.15) is 9.90 Å². The third-order valence-corrected chi connectivity index (χ3v) is 2.66. The van der Waals surface area contributed by atoms with Crippen LogP contribution >= 0.6 is 22.6 Å². The highest BCUT2D eigenvalue weighted by atomic mass is 127. The number of pyridine rings is 1. The molecule has 0 spiro atoms. The highest BCUT2D eigenvalue weighted by molar-refractivity contribution is 14.1. The van der Waals surface area contributed by atoms with E-state index in [0.717, 1.165) is 0 Å². The van der Waals surface area contributed by atoms with Crippen molar-refractivity contribution in [3.05, 3.63) is 25.6 Å². The lowest BCUT2D eigenvalue weighted by Crippen LogP contribution is -2.19. The molecule has 10 heteroatoms. The van der Waals surface area contributed by atoms with Crippen molar-refractivity contribution < 1.29 is 22.8 Å². The fourth-order valence-corrected chi connectivity index (χ4v) is 1.67. The van der Waals surface area contributed by atoms with Crippen molar-refractivity contribution in [1.29, 1.82) is 5.26 Å². The first-order valence-corrected chi connectivity index (χ1v) is 5.28. The summed E-state index contributed by atoms with van der Waals surface area (Å²) in [6.07, 6.45) is -4.90. The molecule has 0 N–H and O–H groups in total. The lowest BCUT2D eigenvalue weighted by Gasteiger charge is -2.12. The molecule has 1 rings (SSSR count). The van der Waals surface area contributed by atoms with Crippen LogP contribution in [0, 0.1) is 25.1 Å². The topological polar surface area (TPSA) is 89.0 Å². The zero-order chi connectivity index (χ0) is 13.9. The first-order chi connectivity index (χ1) is 8.26. The van der Waals surface area contributed by atoms with Crippen molar-refractivity contribution in [2.75, 3.05) is 0 Å². The molecule has 0 aromatic carbocycles. The summed E-state index contributed by atoms with van der Waals surface area (Å²) in [5, 5.41) is 19.1. The Labute approximate surface area is 112 Å². The van der Waals surface area contributed by atoms with Crippen LogP contribution in [0.5, 0.6) is 5.75 Å². The van der Waals surface area contributed by atoms with E-state index in [1.165, 1.54) is 0 Å². The Morgan fingerprint density at radius 2 is 2.22 bits per heavy atom. The minimum Gasteiger partial charge on any atom is -0.398 e. The summed E-state index contributed by atoms with van der Waals surface area (Å²) in [7, 11) is 0. The number of hydrogen-bond acceptors (Lipinski definition) is 5. The number of ether oxygens (including phenoxy) is 1. The average molecular weight is 373 g/mol. The summed E-state index contributed by atoms with van der Waals surface area (Å²) in [6.45, 7) is 0. The molecule has 1 aromatic heterocycles. The summed E-state index contributed by atoms with van der Waals surface area (Å²) in [6, 6.07) is 1.60. The smallest absolute Gasteiger partial charge is 0.398 e. The maximum Gasteiger partial charge on any atom is 0.573 e. The molecule has 6 nitrogen and oxygen atoms in total. The van der Waals surface area contributed by atoms with Gasteiger partial charge in [0.25, 0.3) is 0 Å². The summed E-state index contributed by atoms with van der Waals surface area (Å²) in [5.74, 6) is -0.992. The van der Waals surface area contributed by atoms with E-state index in [2.05, 4.69) is 9.72 Å². The van der Waals surface area contributed by atoms with Gasteiger partial charge in [0.15, 0.2) is 0 Å². The number of nitriles is 1. The van der Waals surface area contributed by atoms with Gasteiger partial charge >= 0.3 is 12.0 Å². The quantitative estimate of drug-likeness (QED) is 0.352. The van der Waals surface area contributed by atoms with Crippen LogP contribution in [0.25, 0.3) is 0 Å². The van der Waals surface area contributed by atoms with Gasteiger partial charge in [-0.3, -0.25) is 10.1 Å². The minimum absolute atomic E-state index is 0.0407. The molecule has 18 heavy (non-hydrogen) atoms. The van der Waals surface area contributed by atoms with Gasteiger partial charge < -0.3 is 4.74 Å². The van der Waals surface area contributed by atoms with E-state index in [4.69, 9.17) is 5.26 Å². The standard InChI is InChI=1S/C8H3F3IN3O3/c9-8(10,11)18-6-4(1-2-13)7(12)14-3-5(6)15(16)17/h3H,1H2. The number of aromatic nitrogens is 1. The number of rotatable bonds is 3. The highest BCUT2D eigenvalue weighted by Crippen LogP contribution is 2.36. The fourth-order valence-electron chi connectivity index (χ4n) is 1.09. The Bertz CT molecular complexity index is 527. The first kappa shape index (κ1) is 14.4. The maximum atomic E-state index is 12.2. The summed E-state index contributed by atoms with van der Waals surface area (Å²) < 4.78 is 40.2. The number of alkyl halides is 3. The van der Waals surface area contributed by atoms with E-state index in [1.807, 2.05) is 0 Å². The van der Waals surface area contributed by atoms with Crippen LogP contribution in [0.2, 0.25) is 0 Å². The lowest BCUT2D eigenvalue weighted by molar-refractivity contribution is -0.389. The SMILES string of the molecule is N#CCc1c(I)ncc([N+](=O)[O-])c1OC(F)(F)F. The van der Waals surface area contributed by atoms with Crippen LogP contribution in [-0.4, -0.2) is 16.3 Å². The molecule has 0 radical (unpaired) electrons. The molecule has 96 valence electrons. The predicted octanol–water partition coefficient (Wildman–Crippen LogP) is 2.56. The third kappa shape index (κ3) is 3.42. The minimum atomic E-state index is -5.08. The molecule has 0 aliphatic carbocycles. The van der Waals surface area contributed by atoms with E-state index >= 15 is 0 Å². The van der Waals surface area contributed by atoms with Gasteiger partial charge in [-0.2, -0.15) is 5.26 Å². The number of halogens is 4. The Hall–Kier alpha value is -1.64. The van der Waals surface area contributed by atoms with Crippen molar-refractivity contribution in [2.45, 2.75) is 12.8 Å². The monoisotopic (exact) mass is 373 g/mol. The molecule has 1 heterocycles. The van der Waals surface area contributed by atoms with Crippen LogP contribution in [0.1, 0.15) is 5.56 Å². The van der Waals surface area contributed by atoms with Gasteiger partial charge in [0.05, 0.1) is 17.4 Å². The van der Waals surface area contributed by atoms with Crippen molar-refractivity contribution in [2.24, 2.45) is 0 Å². The molecule has 0 aliphatic heterocycles. The van der Waals surface area contributed by atoms with Gasteiger partial charge in [-0.05, 0) is 22.6 Å². The van der Waals surface area contributed by atoms with Gasteiger partial charge in [0, 0.05) is 5.56 Å². The predicted molar refractivity (Wildman–Crippen MR) is 59.6 cm³/mol. The average Bonchev–Trinajstić information content (AvgIpc) is 2.21. The Morgan fingerprint density at radius 3 is 2.67 bits per heavy atom. The van der Waals surface area contributed by atoms with Gasteiger partial charge in [-0.25, -0.2) is 4.98 Å². The Morgan fingerprint density at radius 1 is 1.61 bits per heavy atom. The molecular weight excluding hydrogens is 370 g/mol. The molecule has 0 saturated heterocycles. The zero-order valence-electron chi connectivity index (χ0n) is 8.36. The molecule has 1 aromatic rings. The van der Waals surface area contributed by atoms with Crippen LogP contribution in [0.15, 0.2) is 6.20 Å². The van der Waals surface area contributed by atoms with E-state index in [0.29, 0.717) is 6.20 Å². The third-order valence-electron chi connectivity index (χ3n) is 1.73. The van der Waals surface area contributed by atoms with E-state index in [-0.39, 0.29) is 9.26 Å². The summed E-state index contributed by atoms with van der Waals surface area (Å²) in [4.78, 5) is 13.1. The Balaban J connectivity index is 3.44. The zero-order valence-corrected chi connectivity index (χ0v) is 10.5. The largest absolute Gasteiger partial charge is 0.573 e. The van der Waals surface area contributed by atoms with Gasteiger partial charge in [-0.1, -0.05) is 0 Å². The molecule has 0 fully saturated rings. The van der Waals surface area contributed by atoms with Crippen molar-refractivity contribution in [1.82, 2.24) is 4.98 Å². The van der Waals surface area contributed by atoms with E-state index in [1.54, 1.807) is 28.7 Å². The van der Waals surface area contributed by atoms with Crippen LogP contribution in [-0.2, 0) is 6.42 Å². The van der Waals surface area contributed by atoms with Crippen LogP contribution in [0.3, 0.4) is 0 Å². The molecular formula is C8H3F3IN3O3. The van der Waals surface area contributed by atoms with Crippen LogP contribution < -0.4 is 4.74 Å². The summed E-state index contributed by atoms with van der Waals surface area (Å²) in [5.41, 5.74) is -1.19. The van der Waals surface area contributed by atoms with Crippen LogP contribution in [0.4, 0.5) is 18.9 Å². The molecule has 0 amide bonds. The maximum absolute atomic E-state index is 12.2. The second-order valence-corrected chi connectivity index (χ2v) is 3.90. The number of hydrogen-bond donors (Lipinski definition) is 0. The Kier molecular flexibility index (Phi) is 4.28. The van der Waals surface area contributed by atoms with Crippen molar-refractivity contribution in [3.8, 4) is 11.8 Å². The first-order valence-electron chi connectivity index (χ1n) is 4.20. The molecule has 0 aliphatic rings.